The normalized spacial score (nSPS) is 18.4. The molecule has 2 heterocycles. The van der Waals surface area contributed by atoms with E-state index in [4.69, 9.17) is 9.47 Å². The minimum absolute atomic E-state index is 0.0825. The molecular formula is C23H28N2O3. The molecule has 5 heteroatoms. The summed E-state index contributed by atoms with van der Waals surface area (Å²) in [5.41, 5.74) is 2.36. The second kappa shape index (κ2) is 9.11. The van der Waals surface area contributed by atoms with Crippen molar-refractivity contribution in [3.05, 3.63) is 59.7 Å². The summed E-state index contributed by atoms with van der Waals surface area (Å²) in [4.78, 5) is 14.1. The molecule has 1 N–H and O–H groups in total. The number of amides is 1. The molecule has 2 aliphatic heterocycles. The molecule has 1 atom stereocenters. The number of likely N-dealkylation sites (tertiary alicyclic amines) is 1. The first-order valence-electron chi connectivity index (χ1n) is 10.2. The molecule has 0 saturated carbocycles. The highest BCUT2D eigenvalue weighted by Crippen LogP contribution is 2.32. The van der Waals surface area contributed by atoms with Crippen LogP contribution in [-0.4, -0.2) is 43.7 Å². The van der Waals surface area contributed by atoms with Gasteiger partial charge >= 0.3 is 0 Å². The molecule has 1 unspecified atom stereocenters. The summed E-state index contributed by atoms with van der Waals surface area (Å²) in [7, 11) is 0. The van der Waals surface area contributed by atoms with Crippen molar-refractivity contribution < 1.29 is 14.3 Å². The molecule has 1 saturated heterocycles. The Morgan fingerprint density at radius 1 is 1.11 bits per heavy atom. The van der Waals surface area contributed by atoms with Gasteiger partial charge in [-0.3, -0.25) is 4.79 Å². The largest absolute Gasteiger partial charge is 0.493 e. The first kappa shape index (κ1) is 18.8. The Morgan fingerprint density at radius 3 is 2.79 bits per heavy atom. The highest BCUT2D eigenvalue weighted by molar-refractivity contribution is 5.78. The van der Waals surface area contributed by atoms with E-state index in [-0.39, 0.29) is 12.5 Å². The fourth-order valence-corrected chi connectivity index (χ4v) is 4.00. The molecule has 2 aliphatic rings. The summed E-state index contributed by atoms with van der Waals surface area (Å²) in [6.45, 7) is 4.21. The lowest BCUT2D eigenvalue weighted by atomic mass is 9.93. The van der Waals surface area contributed by atoms with Crippen LogP contribution in [0.5, 0.6) is 11.5 Å². The zero-order valence-electron chi connectivity index (χ0n) is 16.2. The molecular weight excluding hydrogens is 352 g/mol. The van der Waals surface area contributed by atoms with Crippen molar-refractivity contribution in [3.8, 4) is 11.5 Å². The molecule has 1 fully saturated rings. The minimum atomic E-state index is 0.0825. The van der Waals surface area contributed by atoms with Crippen LogP contribution in [0.4, 0.5) is 0 Å². The maximum Gasteiger partial charge on any atom is 0.260 e. The van der Waals surface area contributed by atoms with Crippen LogP contribution in [0.1, 0.15) is 36.3 Å². The highest BCUT2D eigenvalue weighted by atomic mass is 16.5. The summed E-state index contributed by atoms with van der Waals surface area (Å²) < 4.78 is 11.6. The van der Waals surface area contributed by atoms with Crippen molar-refractivity contribution in [2.75, 3.05) is 32.8 Å². The number of para-hydroxylation sites is 2. The van der Waals surface area contributed by atoms with Gasteiger partial charge in [-0.25, -0.2) is 0 Å². The number of ether oxygens (including phenoxy) is 2. The third-order valence-corrected chi connectivity index (χ3v) is 5.57. The number of rotatable bonds is 7. The van der Waals surface area contributed by atoms with Gasteiger partial charge in [-0.05, 0) is 37.0 Å². The summed E-state index contributed by atoms with van der Waals surface area (Å²) in [6, 6.07) is 16.2. The fourth-order valence-electron chi connectivity index (χ4n) is 4.00. The average Bonchev–Trinajstić information content (AvgIpc) is 3.28. The summed E-state index contributed by atoms with van der Waals surface area (Å²) in [5, 5.41) is 3.56. The lowest BCUT2D eigenvalue weighted by molar-refractivity contribution is -0.132. The molecule has 0 radical (unpaired) electrons. The van der Waals surface area contributed by atoms with E-state index in [9.17, 15) is 4.79 Å². The lowest BCUT2D eigenvalue weighted by Gasteiger charge is -2.26. The van der Waals surface area contributed by atoms with Crippen molar-refractivity contribution in [3.63, 3.8) is 0 Å². The van der Waals surface area contributed by atoms with Crippen LogP contribution in [0.3, 0.4) is 0 Å². The topological polar surface area (TPSA) is 50.8 Å². The van der Waals surface area contributed by atoms with E-state index in [1.807, 2.05) is 35.2 Å². The summed E-state index contributed by atoms with van der Waals surface area (Å²) in [5.74, 6) is 2.33. The van der Waals surface area contributed by atoms with Crippen LogP contribution in [0.25, 0.3) is 0 Å². The molecule has 0 aromatic heterocycles. The molecule has 4 rings (SSSR count). The van der Waals surface area contributed by atoms with E-state index in [0.29, 0.717) is 12.5 Å². The van der Waals surface area contributed by atoms with Gasteiger partial charge < -0.3 is 19.7 Å². The monoisotopic (exact) mass is 380 g/mol. The average molecular weight is 380 g/mol. The Morgan fingerprint density at radius 2 is 1.89 bits per heavy atom. The third-order valence-electron chi connectivity index (χ3n) is 5.57. The number of fused-ring (bicyclic) bond motifs is 1. The Labute approximate surface area is 166 Å². The predicted octanol–water partition coefficient (Wildman–Crippen LogP) is 3.34. The van der Waals surface area contributed by atoms with E-state index >= 15 is 0 Å². The van der Waals surface area contributed by atoms with E-state index in [1.54, 1.807) is 0 Å². The highest BCUT2D eigenvalue weighted by Gasteiger charge is 2.21. The predicted molar refractivity (Wildman–Crippen MR) is 109 cm³/mol. The molecule has 0 aliphatic carbocycles. The van der Waals surface area contributed by atoms with Gasteiger partial charge in [-0.1, -0.05) is 36.4 Å². The molecule has 0 spiro atoms. The lowest BCUT2D eigenvalue weighted by Crippen LogP contribution is -2.32. The van der Waals surface area contributed by atoms with Gasteiger partial charge in [-0.15, -0.1) is 0 Å². The number of nitrogens with zero attached hydrogens (tertiary/aromatic N) is 1. The SMILES string of the molecule is O=C(COc1ccccc1CNCC1CCOc2ccccc21)N1CCCC1. The van der Waals surface area contributed by atoms with Gasteiger partial charge in [0.25, 0.3) is 5.91 Å². The number of hydrogen-bond donors (Lipinski definition) is 1. The smallest absolute Gasteiger partial charge is 0.260 e. The second-order valence-corrected chi connectivity index (χ2v) is 7.49. The van der Waals surface area contributed by atoms with Gasteiger partial charge in [0.05, 0.1) is 6.61 Å². The summed E-state index contributed by atoms with van der Waals surface area (Å²) >= 11 is 0. The number of hydrogen-bond acceptors (Lipinski definition) is 4. The Balaban J connectivity index is 1.31. The van der Waals surface area contributed by atoms with Crippen LogP contribution >= 0.6 is 0 Å². The van der Waals surface area contributed by atoms with E-state index in [0.717, 1.165) is 62.6 Å². The number of carbonyl (C=O) groups is 1. The third kappa shape index (κ3) is 4.47. The first-order valence-corrected chi connectivity index (χ1v) is 10.2. The van der Waals surface area contributed by atoms with E-state index in [2.05, 4.69) is 23.5 Å². The zero-order valence-corrected chi connectivity index (χ0v) is 16.2. The van der Waals surface area contributed by atoms with Gasteiger partial charge in [0.15, 0.2) is 6.61 Å². The van der Waals surface area contributed by atoms with Gasteiger partial charge in [-0.2, -0.15) is 0 Å². The van der Waals surface area contributed by atoms with Crippen molar-refractivity contribution in [2.45, 2.75) is 31.7 Å². The molecule has 1 amide bonds. The molecule has 2 aromatic rings. The van der Waals surface area contributed by atoms with E-state index < -0.39 is 0 Å². The molecule has 148 valence electrons. The zero-order chi connectivity index (χ0) is 19.2. The van der Waals surface area contributed by atoms with Crippen molar-refractivity contribution in [2.24, 2.45) is 0 Å². The summed E-state index contributed by atoms with van der Waals surface area (Å²) in [6.07, 6.45) is 3.22. The minimum Gasteiger partial charge on any atom is -0.493 e. The molecule has 28 heavy (non-hydrogen) atoms. The fraction of sp³-hybridized carbons (Fsp3) is 0.435. The second-order valence-electron chi connectivity index (χ2n) is 7.49. The van der Waals surface area contributed by atoms with Crippen molar-refractivity contribution in [1.29, 1.82) is 0 Å². The number of benzene rings is 2. The number of carbonyl (C=O) groups excluding carboxylic acids is 1. The molecule has 2 aromatic carbocycles. The van der Waals surface area contributed by atoms with Crippen LogP contribution in [0.2, 0.25) is 0 Å². The van der Waals surface area contributed by atoms with Gasteiger partial charge in [0.1, 0.15) is 11.5 Å². The maximum atomic E-state index is 12.2. The quantitative estimate of drug-likeness (QED) is 0.800. The van der Waals surface area contributed by atoms with Gasteiger partial charge in [0.2, 0.25) is 0 Å². The van der Waals surface area contributed by atoms with Crippen molar-refractivity contribution >= 4 is 5.91 Å². The Bertz CT molecular complexity index is 802. The Kier molecular flexibility index (Phi) is 6.12. The molecule has 5 nitrogen and oxygen atoms in total. The van der Waals surface area contributed by atoms with Crippen LogP contribution in [0, 0.1) is 0 Å². The standard InChI is InChI=1S/C23H28N2O3/c26-23(25-12-5-6-13-25)17-28-21-9-3-1-7-19(21)16-24-15-18-11-14-27-22-10-4-2-8-20(18)22/h1-4,7-10,18,24H,5-6,11-17H2. The maximum absolute atomic E-state index is 12.2. The van der Waals surface area contributed by atoms with Crippen LogP contribution in [0.15, 0.2) is 48.5 Å². The molecule has 0 bridgehead atoms. The van der Waals surface area contributed by atoms with Crippen LogP contribution in [-0.2, 0) is 11.3 Å². The Hall–Kier alpha value is -2.53. The number of nitrogens with one attached hydrogen (secondary N) is 1. The van der Waals surface area contributed by atoms with Crippen LogP contribution < -0.4 is 14.8 Å². The van der Waals surface area contributed by atoms with Gasteiger partial charge in [0, 0.05) is 37.7 Å². The van der Waals surface area contributed by atoms with E-state index in [1.165, 1.54) is 5.56 Å². The first-order chi connectivity index (χ1) is 13.8. The van der Waals surface area contributed by atoms with Crippen molar-refractivity contribution in [1.82, 2.24) is 10.2 Å².